The van der Waals surface area contributed by atoms with E-state index in [9.17, 15) is 4.79 Å². The molecule has 1 aromatic carbocycles. The molecule has 2 aromatic rings. The van der Waals surface area contributed by atoms with Gasteiger partial charge in [0, 0.05) is 4.88 Å². The second-order valence-corrected chi connectivity index (χ2v) is 6.41. The van der Waals surface area contributed by atoms with Crippen molar-refractivity contribution >= 4 is 17.2 Å². The molecule has 0 radical (unpaired) electrons. The summed E-state index contributed by atoms with van der Waals surface area (Å²) < 4.78 is 5.51. The van der Waals surface area contributed by atoms with Crippen LogP contribution in [0.4, 0.5) is 0 Å². The van der Waals surface area contributed by atoms with Gasteiger partial charge in [-0.2, -0.15) is 0 Å². The highest BCUT2D eigenvalue weighted by molar-refractivity contribution is 7.14. The molecule has 1 amide bonds. The van der Waals surface area contributed by atoms with E-state index in [1.807, 2.05) is 44.2 Å². The number of amides is 1. The Balaban J connectivity index is 2.08. The third kappa shape index (κ3) is 3.89. The van der Waals surface area contributed by atoms with Crippen LogP contribution >= 0.6 is 11.3 Å². The summed E-state index contributed by atoms with van der Waals surface area (Å²) in [5.41, 5.74) is 2.24. The molecule has 0 bridgehead atoms. The summed E-state index contributed by atoms with van der Waals surface area (Å²) >= 11 is 1.58. The lowest BCUT2D eigenvalue weighted by Crippen LogP contribution is -2.25. The van der Waals surface area contributed by atoms with Crippen molar-refractivity contribution in [1.29, 1.82) is 0 Å². The highest BCUT2D eigenvalue weighted by Crippen LogP contribution is 2.24. The first-order valence-electron chi connectivity index (χ1n) is 7.68. The smallest absolute Gasteiger partial charge is 0.261 e. The molecule has 3 nitrogen and oxygen atoms in total. The number of hydrogen-bond donors (Lipinski definition) is 1. The number of hydrogen-bond acceptors (Lipinski definition) is 3. The summed E-state index contributed by atoms with van der Waals surface area (Å²) in [4.78, 5) is 14.4. The van der Waals surface area contributed by atoms with Crippen molar-refractivity contribution in [3.8, 4) is 5.75 Å². The number of benzene rings is 1. The van der Waals surface area contributed by atoms with E-state index in [1.165, 1.54) is 10.4 Å². The van der Waals surface area contributed by atoms with Gasteiger partial charge in [-0.15, -0.1) is 11.3 Å². The van der Waals surface area contributed by atoms with Gasteiger partial charge < -0.3 is 10.1 Å². The van der Waals surface area contributed by atoms with Crippen molar-refractivity contribution in [2.24, 2.45) is 0 Å². The second kappa shape index (κ2) is 7.45. The van der Waals surface area contributed by atoms with E-state index in [-0.39, 0.29) is 11.9 Å². The zero-order valence-electron chi connectivity index (χ0n) is 13.6. The second-order valence-electron chi connectivity index (χ2n) is 5.27. The van der Waals surface area contributed by atoms with Gasteiger partial charge in [0.25, 0.3) is 5.91 Å². The van der Waals surface area contributed by atoms with Gasteiger partial charge in [0.1, 0.15) is 5.75 Å². The molecule has 0 aliphatic rings. The van der Waals surface area contributed by atoms with Crippen LogP contribution in [0.5, 0.6) is 5.75 Å². The van der Waals surface area contributed by atoms with Gasteiger partial charge in [-0.3, -0.25) is 4.79 Å². The summed E-state index contributed by atoms with van der Waals surface area (Å²) in [7, 11) is 0. The van der Waals surface area contributed by atoms with E-state index in [4.69, 9.17) is 4.74 Å². The zero-order chi connectivity index (χ0) is 16.1. The largest absolute Gasteiger partial charge is 0.494 e. The molecule has 118 valence electrons. The summed E-state index contributed by atoms with van der Waals surface area (Å²) in [6.07, 6.45) is 0.968. The molecule has 1 heterocycles. The maximum absolute atomic E-state index is 12.4. The van der Waals surface area contributed by atoms with Crippen LogP contribution in [0.25, 0.3) is 0 Å². The predicted octanol–water partition coefficient (Wildman–Crippen LogP) is 4.51. The van der Waals surface area contributed by atoms with Crippen LogP contribution in [0.15, 0.2) is 30.3 Å². The quantitative estimate of drug-likeness (QED) is 0.851. The van der Waals surface area contributed by atoms with E-state index in [0.29, 0.717) is 6.61 Å². The van der Waals surface area contributed by atoms with Gasteiger partial charge in [-0.25, -0.2) is 0 Å². The SMILES string of the molecule is CCOc1cccc([C@H](C)NC(=O)c2cc(C)c(CC)s2)c1. The molecule has 1 aromatic heterocycles. The Morgan fingerprint density at radius 3 is 2.73 bits per heavy atom. The number of nitrogens with one attached hydrogen (secondary N) is 1. The summed E-state index contributed by atoms with van der Waals surface area (Å²) in [6.45, 7) is 8.76. The molecular weight excluding hydrogens is 294 g/mol. The van der Waals surface area contributed by atoms with Gasteiger partial charge >= 0.3 is 0 Å². The van der Waals surface area contributed by atoms with Crippen molar-refractivity contribution in [2.75, 3.05) is 6.61 Å². The lowest BCUT2D eigenvalue weighted by Gasteiger charge is -2.15. The monoisotopic (exact) mass is 317 g/mol. The highest BCUT2D eigenvalue weighted by Gasteiger charge is 2.15. The van der Waals surface area contributed by atoms with Crippen molar-refractivity contribution in [3.05, 3.63) is 51.2 Å². The average Bonchev–Trinajstić information content (AvgIpc) is 2.89. The Kier molecular flexibility index (Phi) is 5.61. The molecule has 0 aliphatic carbocycles. The minimum absolute atomic E-state index is 0.0119. The molecule has 1 atom stereocenters. The maximum atomic E-state index is 12.4. The van der Waals surface area contributed by atoms with Gasteiger partial charge in [-0.05, 0) is 56.5 Å². The average molecular weight is 317 g/mol. The Bertz CT molecular complexity index is 648. The fourth-order valence-electron chi connectivity index (χ4n) is 2.37. The molecule has 0 spiro atoms. The molecule has 1 N–H and O–H groups in total. The predicted molar refractivity (Wildman–Crippen MR) is 91.9 cm³/mol. The summed E-state index contributed by atoms with van der Waals surface area (Å²) in [6, 6.07) is 9.78. The first-order chi connectivity index (χ1) is 10.5. The third-order valence-electron chi connectivity index (χ3n) is 3.58. The van der Waals surface area contributed by atoms with Gasteiger partial charge in [-0.1, -0.05) is 19.1 Å². The fraction of sp³-hybridized carbons (Fsp3) is 0.389. The van der Waals surface area contributed by atoms with Crippen LogP contribution in [0.1, 0.15) is 52.5 Å². The maximum Gasteiger partial charge on any atom is 0.261 e. The number of carbonyl (C=O) groups excluding carboxylic acids is 1. The van der Waals surface area contributed by atoms with Gasteiger partial charge in [0.05, 0.1) is 17.5 Å². The van der Waals surface area contributed by atoms with E-state index < -0.39 is 0 Å². The Hall–Kier alpha value is -1.81. The Morgan fingerprint density at radius 2 is 2.09 bits per heavy atom. The molecule has 0 unspecified atom stereocenters. The highest BCUT2D eigenvalue weighted by atomic mass is 32.1. The standard InChI is InChI=1S/C18H23NO2S/c1-5-16-12(3)10-17(22-16)18(20)19-13(4)14-8-7-9-15(11-14)21-6-2/h7-11,13H,5-6H2,1-4H3,(H,19,20)/t13-/m0/s1. The van der Waals surface area contributed by atoms with Crippen LogP contribution in [-0.4, -0.2) is 12.5 Å². The van der Waals surface area contributed by atoms with Crippen LogP contribution in [-0.2, 0) is 6.42 Å². The Labute approximate surface area is 136 Å². The number of ether oxygens (including phenoxy) is 1. The molecule has 2 rings (SSSR count). The lowest BCUT2D eigenvalue weighted by molar-refractivity contribution is 0.0944. The zero-order valence-corrected chi connectivity index (χ0v) is 14.4. The Morgan fingerprint density at radius 1 is 1.32 bits per heavy atom. The molecule has 4 heteroatoms. The third-order valence-corrected chi connectivity index (χ3v) is 4.96. The lowest BCUT2D eigenvalue weighted by atomic mass is 10.1. The number of carbonyl (C=O) groups is 1. The fourth-order valence-corrected chi connectivity index (χ4v) is 3.39. The summed E-state index contributed by atoms with van der Waals surface area (Å²) in [5.74, 6) is 0.823. The first kappa shape index (κ1) is 16.6. The number of aryl methyl sites for hydroxylation is 2. The van der Waals surface area contributed by atoms with Crippen molar-refractivity contribution < 1.29 is 9.53 Å². The van der Waals surface area contributed by atoms with Crippen molar-refractivity contribution in [1.82, 2.24) is 5.32 Å². The van der Waals surface area contributed by atoms with E-state index in [2.05, 4.69) is 19.2 Å². The van der Waals surface area contributed by atoms with Crippen molar-refractivity contribution in [3.63, 3.8) is 0 Å². The van der Waals surface area contributed by atoms with Crippen molar-refractivity contribution in [2.45, 2.75) is 40.2 Å². The van der Waals surface area contributed by atoms with Gasteiger partial charge in [0.15, 0.2) is 0 Å². The minimum Gasteiger partial charge on any atom is -0.494 e. The minimum atomic E-state index is -0.0552. The first-order valence-corrected chi connectivity index (χ1v) is 8.49. The molecule has 0 saturated heterocycles. The number of thiophene rings is 1. The van der Waals surface area contributed by atoms with Gasteiger partial charge in [0.2, 0.25) is 0 Å². The normalized spacial score (nSPS) is 12.0. The van der Waals surface area contributed by atoms with Crippen LogP contribution in [0.3, 0.4) is 0 Å². The van der Waals surface area contributed by atoms with E-state index in [0.717, 1.165) is 22.6 Å². The van der Waals surface area contributed by atoms with Crippen LogP contribution < -0.4 is 10.1 Å². The van der Waals surface area contributed by atoms with E-state index in [1.54, 1.807) is 11.3 Å². The summed E-state index contributed by atoms with van der Waals surface area (Å²) in [5, 5.41) is 3.06. The molecule has 0 saturated carbocycles. The topological polar surface area (TPSA) is 38.3 Å². The van der Waals surface area contributed by atoms with Crippen LogP contribution in [0.2, 0.25) is 0 Å². The molecule has 0 fully saturated rings. The van der Waals surface area contributed by atoms with E-state index >= 15 is 0 Å². The molecular formula is C18H23NO2S. The van der Waals surface area contributed by atoms with Crippen LogP contribution in [0, 0.1) is 6.92 Å². The number of rotatable bonds is 6. The molecule has 22 heavy (non-hydrogen) atoms. The molecule has 0 aliphatic heterocycles.